The second kappa shape index (κ2) is 8.15. The number of carbonyl (C=O) groups excluding carboxylic acids is 1. The molecule has 3 aromatic rings. The molecule has 0 radical (unpaired) electrons. The van der Waals surface area contributed by atoms with Gasteiger partial charge in [0.25, 0.3) is 0 Å². The molecule has 1 fully saturated rings. The van der Waals surface area contributed by atoms with Gasteiger partial charge in [0.1, 0.15) is 5.82 Å². The molecule has 4 rings (SSSR count). The fraction of sp³-hybridized carbons (Fsp3) is 0.391. The highest BCUT2D eigenvalue weighted by Gasteiger charge is 2.26. The monoisotopic (exact) mass is 376 g/mol. The van der Waals surface area contributed by atoms with Crippen LogP contribution in [0.1, 0.15) is 29.8 Å². The first-order valence-corrected chi connectivity index (χ1v) is 10.1. The number of imidazole rings is 1. The van der Waals surface area contributed by atoms with Crippen LogP contribution in [0.2, 0.25) is 0 Å². The number of carbonyl (C=O) groups is 1. The molecule has 2 heterocycles. The summed E-state index contributed by atoms with van der Waals surface area (Å²) in [4.78, 5) is 19.9. The molecule has 5 heteroatoms. The molecule has 1 atom stereocenters. The van der Waals surface area contributed by atoms with Crippen LogP contribution in [-0.4, -0.2) is 33.4 Å². The molecule has 0 bridgehead atoms. The first kappa shape index (κ1) is 18.7. The molecule has 0 aliphatic carbocycles. The zero-order valence-electron chi connectivity index (χ0n) is 16.7. The highest BCUT2D eigenvalue weighted by molar-refractivity contribution is 5.79. The van der Waals surface area contributed by atoms with Crippen molar-refractivity contribution in [3.63, 3.8) is 0 Å². The molecule has 28 heavy (non-hydrogen) atoms. The van der Waals surface area contributed by atoms with Gasteiger partial charge in [-0.25, -0.2) is 4.98 Å². The maximum absolute atomic E-state index is 12.7. The summed E-state index contributed by atoms with van der Waals surface area (Å²) in [6.45, 7) is 5.29. The maximum Gasteiger partial charge on any atom is 0.224 e. The third-order valence-corrected chi connectivity index (χ3v) is 5.84. The van der Waals surface area contributed by atoms with E-state index in [0.29, 0.717) is 6.54 Å². The average molecular weight is 377 g/mol. The molecule has 0 saturated carbocycles. The summed E-state index contributed by atoms with van der Waals surface area (Å²) >= 11 is 0. The summed E-state index contributed by atoms with van der Waals surface area (Å²) in [7, 11) is 2.07. The summed E-state index contributed by atoms with van der Waals surface area (Å²) in [5.74, 6) is 1.27. The molecule has 1 N–H and O–H groups in total. The first-order chi connectivity index (χ1) is 13.6. The largest absolute Gasteiger partial charge is 0.352 e. The van der Waals surface area contributed by atoms with E-state index in [9.17, 15) is 4.79 Å². The standard InChI is InChI=1S/C23H28N4O/c1-17-8-3-4-9-18(17)14-24-23(28)19-10-7-13-27(15-19)16-22-25-20-11-5-6-12-21(20)26(22)2/h3-6,8-9,11-12,19H,7,10,13-16H2,1-2H3,(H,24,28)/t19-/m0/s1. The summed E-state index contributed by atoms with van der Waals surface area (Å²) in [5, 5.41) is 3.14. The fourth-order valence-electron chi connectivity index (χ4n) is 4.09. The number of fused-ring (bicyclic) bond motifs is 1. The number of aromatic nitrogens is 2. The van der Waals surface area contributed by atoms with Crippen LogP contribution in [0.25, 0.3) is 11.0 Å². The number of nitrogens with zero attached hydrogens (tertiary/aromatic N) is 3. The molecule has 0 unspecified atom stereocenters. The first-order valence-electron chi connectivity index (χ1n) is 10.1. The Bertz CT molecular complexity index is 978. The van der Waals surface area contributed by atoms with Crippen molar-refractivity contribution < 1.29 is 4.79 Å². The van der Waals surface area contributed by atoms with Gasteiger partial charge in [-0.3, -0.25) is 9.69 Å². The Labute approximate surface area is 166 Å². The number of hydrogen-bond donors (Lipinski definition) is 1. The number of piperidine rings is 1. The molecule has 1 saturated heterocycles. The fourth-order valence-corrected chi connectivity index (χ4v) is 4.09. The van der Waals surface area contributed by atoms with Gasteiger partial charge in [-0.1, -0.05) is 36.4 Å². The van der Waals surface area contributed by atoms with E-state index in [1.54, 1.807) is 0 Å². The number of amides is 1. The molecular formula is C23H28N4O. The van der Waals surface area contributed by atoms with Crippen molar-refractivity contribution in [1.82, 2.24) is 19.8 Å². The molecule has 1 aromatic heterocycles. The van der Waals surface area contributed by atoms with Crippen molar-refractivity contribution in [2.75, 3.05) is 13.1 Å². The SMILES string of the molecule is Cc1ccccc1CNC(=O)[C@H]1CCCN(Cc2nc3ccccc3n2C)C1. The Morgan fingerprint density at radius 2 is 1.96 bits per heavy atom. The summed E-state index contributed by atoms with van der Waals surface area (Å²) in [6, 6.07) is 16.4. The topological polar surface area (TPSA) is 50.2 Å². The molecule has 1 aliphatic heterocycles. The molecule has 1 aliphatic rings. The number of rotatable bonds is 5. The zero-order valence-corrected chi connectivity index (χ0v) is 16.7. The van der Waals surface area contributed by atoms with Crippen LogP contribution in [0.5, 0.6) is 0 Å². The van der Waals surface area contributed by atoms with E-state index in [4.69, 9.17) is 4.98 Å². The Balaban J connectivity index is 1.37. The number of likely N-dealkylation sites (tertiary alicyclic amines) is 1. The molecule has 1 amide bonds. The van der Waals surface area contributed by atoms with Gasteiger partial charge in [0.2, 0.25) is 5.91 Å². The van der Waals surface area contributed by atoms with Gasteiger partial charge >= 0.3 is 0 Å². The molecular weight excluding hydrogens is 348 g/mol. The third kappa shape index (κ3) is 3.94. The Morgan fingerprint density at radius 1 is 1.18 bits per heavy atom. The number of hydrogen-bond acceptors (Lipinski definition) is 3. The van der Waals surface area contributed by atoms with Crippen LogP contribution < -0.4 is 5.32 Å². The van der Waals surface area contributed by atoms with Gasteiger partial charge < -0.3 is 9.88 Å². The van der Waals surface area contributed by atoms with E-state index in [2.05, 4.69) is 53.0 Å². The van der Waals surface area contributed by atoms with Crippen molar-refractivity contribution in [3.05, 3.63) is 65.5 Å². The predicted octanol–water partition coefficient (Wildman–Crippen LogP) is 3.41. The lowest BCUT2D eigenvalue weighted by atomic mass is 9.97. The lowest BCUT2D eigenvalue weighted by Gasteiger charge is -2.31. The zero-order chi connectivity index (χ0) is 19.5. The normalized spacial score (nSPS) is 17.7. The van der Waals surface area contributed by atoms with Crippen LogP contribution in [0.4, 0.5) is 0 Å². The van der Waals surface area contributed by atoms with Crippen LogP contribution in [0.15, 0.2) is 48.5 Å². The Hall–Kier alpha value is -2.66. The maximum atomic E-state index is 12.7. The van der Waals surface area contributed by atoms with Crippen LogP contribution in [0, 0.1) is 12.8 Å². The van der Waals surface area contributed by atoms with Crippen molar-refractivity contribution in [1.29, 1.82) is 0 Å². The van der Waals surface area contributed by atoms with Crippen LogP contribution >= 0.6 is 0 Å². The van der Waals surface area contributed by atoms with Crippen molar-refractivity contribution in [2.24, 2.45) is 13.0 Å². The molecule has 2 aromatic carbocycles. The smallest absolute Gasteiger partial charge is 0.224 e. The lowest BCUT2D eigenvalue weighted by Crippen LogP contribution is -2.42. The minimum absolute atomic E-state index is 0.0486. The van der Waals surface area contributed by atoms with Gasteiger partial charge in [-0.05, 0) is 49.6 Å². The van der Waals surface area contributed by atoms with E-state index in [1.165, 1.54) is 11.1 Å². The minimum atomic E-state index is 0.0486. The Kier molecular flexibility index (Phi) is 5.44. The van der Waals surface area contributed by atoms with Gasteiger partial charge in [0.15, 0.2) is 0 Å². The number of nitrogens with one attached hydrogen (secondary N) is 1. The summed E-state index contributed by atoms with van der Waals surface area (Å²) in [5.41, 5.74) is 4.59. The van der Waals surface area contributed by atoms with E-state index in [0.717, 1.165) is 49.3 Å². The van der Waals surface area contributed by atoms with Gasteiger partial charge in [0.05, 0.1) is 23.5 Å². The molecule has 0 spiro atoms. The van der Waals surface area contributed by atoms with Crippen molar-refractivity contribution in [2.45, 2.75) is 32.9 Å². The predicted molar refractivity (Wildman–Crippen MR) is 112 cm³/mol. The summed E-state index contributed by atoms with van der Waals surface area (Å²) in [6.07, 6.45) is 2.01. The average Bonchev–Trinajstić information content (AvgIpc) is 3.03. The van der Waals surface area contributed by atoms with Crippen molar-refractivity contribution >= 4 is 16.9 Å². The lowest BCUT2D eigenvalue weighted by molar-refractivity contribution is -0.127. The third-order valence-electron chi connectivity index (χ3n) is 5.84. The number of benzene rings is 2. The van der Waals surface area contributed by atoms with Gasteiger partial charge in [-0.2, -0.15) is 0 Å². The Morgan fingerprint density at radius 3 is 2.79 bits per heavy atom. The van der Waals surface area contributed by atoms with E-state index in [1.807, 2.05) is 24.3 Å². The summed E-state index contributed by atoms with van der Waals surface area (Å²) < 4.78 is 2.16. The molecule has 5 nitrogen and oxygen atoms in total. The van der Waals surface area contributed by atoms with E-state index in [-0.39, 0.29) is 11.8 Å². The van der Waals surface area contributed by atoms with E-state index >= 15 is 0 Å². The minimum Gasteiger partial charge on any atom is -0.352 e. The van der Waals surface area contributed by atoms with Crippen LogP contribution in [-0.2, 0) is 24.9 Å². The van der Waals surface area contributed by atoms with Crippen LogP contribution in [0.3, 0.4) is 0 Å². The number of para-hydroxylation sites is 2. The van der Waals surface area contributed by atoms with E-state index < -0.39 is 0 Å². The number of aryl methyl sites for hydroxylation is 2. The van der Waals surface area contributed by atoms with Gasteiger partial charge in [-0.15, -0.1) is 0 Å². The highest BCUT2D eigenvalue weighted by atomic mass is 16.1. The second-order valence-corrected chi connectivity index (χ2v) is 7.79. The molecule has 146 valence electrons. The second-order valence-electron chi connectivity index (χ2n) is 7.79. The van der Waals surface area contributed by atoms with Crippen molar-refractivity contribution in [3.8, 4) is 0 Å². The quantitative estimate of drug-likeness (QED) is 0.742. The highest BCUT2D eigenvalue weighted by Crippen LogP contribution is 2.21. The van der Waals surface area contributed by atoms with Gasteiger partial charge in [0, 0.05) is 20.1 Å².